The molecule has 0 aliphatic heterocycles. The minimum absolute atomic E-state index is 0.0268. The van der Waals surface area contributed by atoms with Gasteiger partial charge >= 0.3 is 5.97 Å². The second-order valence-corrected chi connectivity index (χ2v) is 19.6. The zero-order chi connectivity index (χ0) is 46.5. The van der Waals surface area contributed by atoms with Crippen molar-refractivity contribution >= 4 is 11.9 Å². The van der Waals surface area contributed by atoms with E-state index in [0.717, 1.165) is 70.6 Å². The van der Waals surface area contributed by atoms with E-state index in [9.17, 15) is 19.8 Å². The van der Waals surface area contributed by atoms with Crippen molar-refractivity contribution in [3.63, 3.8) is 0 Å². The first-order valence-electron chi connectivity index (χ1n) is 28.6. The summed E-state index contributed by atoms with van der Waals surface area (Å²) in [5, 5.41) is 23.3. The number of amides is 1. The van der Waals surface area contributed by atoms with E-state index in [4.69, 9.17) is 4.74 Å². The highest BCUT2D eigenvalue weighted by Gasteiger charge is 2.20. The molecular formula is C58H111NO5. The summed E-state index contributed by atoms with van der Waals surface area (Å²) in [6, 6.07) is -0.557. The Balaban J connectivity index is 3.47. The maximum Gasteiger partial charge on any atom is 0.305 e. The molecule has 0 aliphatic rings. The number of carbonyl (C=O) groups is 2. The first-order chi connectivity index (χ1) is 31.5. The van der Waals surface area contributed by atoms with Crippen molar-refractivity contribution in [2.24, 2.45) is 0 Å². The topological polar surface area (TPSA) is 95.9 Å². The second kappa shape index (κ2) is 54.0. The molecule has 0 aromatic heterocycles. The van der Waals surface area contributed by atoms with E-state index >= 15 is 0 Å². The SMILES string of the molecule is CCCCC/C=C\C/C=C\CCCCCCCC(=O)OCCCCCCCCCCCCCC(=O)NC(CO)C(O)CCCCCCCCCCCCCCCCCCCCCCC. The van der Waals surface area contributed by atoms with Crippen LogP contribution in [0.25, 0.3) is 0 Å². The molecule has 3 N–H and O–H groups in total. The number of esters is 1. The Morgan fingerprint density at radius 1 is 0.438 bits per heavy atom. The number of hydrogen-bond donors (Lipinski definition) is 3. The van der Waals surface area contributed by atoms with E-state index in [-0.39, 0.29) is 18.5 Å². The summed E-state index contributed by atoms with van der Waals surface area (Å²) in [6.07, 6.45) is 64.4. The standard InChI is InChI=1S/C58H111NO5/c1-3-5-7-9-11-13-15-17-19-20-21-22-23-24-26-27-30-34-38-42-46-50-56(61)55(54-60)59-57(62)51-47-43-39-35-31-29-33-37-41-45-49-53-64-58(63)52-48-44-40-36-32-28-25-18-16-14-12-10-8-6-4-2/h12,14,18,25,55-56,60-61H,3-11,13,15-17,19-24,26-54H2,1-2H3,(H,59,62)/b14-12-,25-18-. The molecule has 378 valence electrons. The van der Waals surface area contributed by atoms with Crippen molar-refractivity contribution in [2.75, 3.05) is 13.2 Å². The van der Waals surface area contributed by atoms with Crippen LogP contribution in [0.1, 0.15) is 309 Å². The molecule has 0 saturated carbocycles. The Labute approximate surface area is 399 Å². The monoisotopic (exact) mass is 902 g/mol. The fraction of sp³-hybridized carbons (Fsp3) is 0.897. The first-order valence-corrected chi connectivity index (χ1v) is 28.6. The molecule has 2 atom stereocenters. The van der Waals surface area contributed by atoms with Gasteiger partial charge in [-0.15, -0.1) is 0 Å². The number of rotatable bonds is 53. The molecule has 0 fully saturated rings. The van der Waals surface area contributed by atoms with Gasteiger partial charge < -0.3 is 20.3 Å². The maximum atomic E-state index is 12.5. The molecule has 1 amide bonds. The van der Waals surface area contributed by atoms with Crippen LogP contribution in [0.2, 0.25) is 0 Å². The van der Waals surface area contributed by atoms with E-state index in [0.29, 0.717) is 25.9 Å². The third-order valence-electron chi connectivity index (χ3n) is 13.3. The zero-order valence-corrected chi connectivity index (χ0v) is 43.0. The third kappa shape index (κ3) is 49.8. The summed E-state index contributed by atoms with van der Waals surface area (Å²) in [5.74, 6) is -0.0790. The fourth-order valence-corrected chi connectivity index (χ4v) is 8.85. The third-order valence-corrected chi connectivity index (χ3v) is 13.3. The average Bonchev–Trinajstić information content (AvgIpc) is 3.29. The molecule has 0 aliphatic carbocycles. The minimum atomic E-state index is -0.678. The number of carbonyl (C=O) groups excluding carboxylic acids is 2. The minimum Gasteiger partial charge on any atom is -0.466 e. The van der Waals surface area contributed by atoms with Crippen LogP contribution in [0.5, 0.6) is 0 Å². The van der Waals surface area contributed by atoms with Crippen LogP contribution in [-0.2, 0) is 14.3 Å². The van der Waals surface area contributed by atoms with Crippen molar-refractivity contribution < 1.29 is 24.5 Å². The van der Waals surface area contributed by atoms with Gasteiger partial charge in [-0.25, -0.2) is 0 Å². The smallest absolute Gasteiger partial charge is 0.305 e. The van der Waals surface area contributed by atoms with Crippen LogP contribution in [-0.4, -0.2) is 47.4 Å². The molecule has 0 radical (unpaired) electrons. The lowest BCUT2D eigenvalue weighted by Crippen LogP contribution is -2.45. The molecule has 0 aromatic rings. The number of aliphatic hydroxyl groups is 2. The van der Waals surface area contributed by atoms with Gasteiger partial charge in [0.2, 0.25) is 5.91 Å². The van der Waals surface area contributed by atoms with Crippen LogP contribution in [0, 0.1) is 0 Å². The van der Waals surface area contributed by atoms with Crippen LogP contribution >= 0.6 is 0 Å². The van der Waals surface area contributed by atoms with Crippen molar-refractivity contribution in [1.82, 2.24) is 5.32 Å². The van der Waals surface area contributed by atoms with Gasteiger partial charge in [0, 0.05) is 12.8 Å². The molecular weight excluding hydrogens is 791 g/mol. The Kier molecular flexibility index (Phi) is 52.6. The van der Waals surface area contributed by atoms with Gasteiger partial charge in [-0.3, -0.25) is 9.59 Å². The summed E-state index contributed by atoms with van der Waals surface area (Å²) >= 11 is 0. The molecule has 0 bridgehead atoms. The molecule has 0 rings (SSSR count). The Morgan fingerprint density at radius 3 is 1.22 bits per heavy atom. The molecule has 64 heavy (non-hydrogen) atoms. The molecule has 0 heterocycles. The number of allylic oxidation sites excluding steroid dienone is 4. The summed E-state index contributed by atoms with van der Waals surface area (Å²) in [6.45, 7) is 4.89. The Morgan fingerprint density at radius 2 is 0.781 bits per heavy atom. The van der Waals surface area contributed by atoms with Crippen LogP contribution in [0.3, 0.4) is 0 Å². The lowest BCUT2D eigenvalue weighted by atomic mass is 10.0. The van der Waals surface area contributed by atoms with E-state index in [1.165, 1.54) is 205 Å². The first kappa shape index (κ1) is 62.3. The highest BCUT2D eigenvalue weighted by molar-refractivity contribution is 5.76. The highest BCUT2D eigenvalue weighted by atomic mass is 16.5. The highest BCUT2D eigenvalue weighted by Crippen LogP contribution is 2.17. The van der Waals surface area contributed by atoms with Gasteiger partial charge in [-0.1, -0.05) is 263 Å². The molecule has 2 unspecified atom stereocenters. The quantitative estimate of drug-likeness (QED) is 0.0321. The van der Waals surface area contributed by atoms with Crippen LogP contribution in [0.15, 0.2) is 24.3 Å². The number of unbranched alkanes of at least 4 members (excludes halogenated alkanes) is 38. The van der Waals surface area contributed by atoms with Crippen molar-refractivity contribution in [2.45, 2.75) is 321 Å². The predicted molar refractivity (Wildman–Crippen MR) is 278 cm³/mol. The lowest BCUT2D eigenvalue weighted by Gasteiger charge is -2.22. The van der Waals surface area contributed by atoms with E-state index < -0.39 is 12.1 Å². The van der Waals surface area contributed by atoms with E-state index in [2.05, 4.69) is 43.5 Å². The zero-order valence-electron chi connectivity index (χ0n) is 43.0. The fourth-order valence-electron chi connectivity index (χ4n) is 8.85. The van der Waals surface area contributed by atoms with Crippen molar-refractivity contribution in [1.29, 1.82) is 0 Å². The summed E-state index contributed by atoms with van der Waals surface area (Å²) in [5.41, 5.74) is 0. The van der Waals surface area contributed by atoms with Gasteiger partial charge in [-0.2, -0.15) is 0 Å². The van der Waals surface area contributed by atoms with Crippen LogP contribution in [0.4, 0.5) is 0 Å². The Hall–Kier alpha value is -1.66. The second-order valence-electron chi connectivity index (χ2n) is 19.6. The molecule has 6 heteroatoms. The summed E-state index contributed by atoms with van der Waals surface area (Å²) in [4.78, 5) is 24.5. The molecule has 0 spiro atoms. The lowest BCUT2D eigenvalue weighted by molar-refractivity contribution is -0.143. The Bertz CT molecular complexity index is 997. The van der Waals surface area contributed by atoms with Gasteiger partial charge in [0.25, 0.3) is 0 Å². The van der Waals surface area contributed by atoms with Gasteiger partial charge in [-0.05, 0) is 57.8 Å². The predicted octanol–water partition coefficient (Wildman–Crippen LogP) is 17.5. The van der Waals surface area contributed by atoms with E-state index in [1.54, 1.807) is 0 Å². The largest absolute Gasteiger partial charge is 0.466 e. The van der Waals surface area contributed by atoms with Crippen molar-refractivity contribution in [3.05, 3.63) is 24.3 Å². The van der Waals surface area contributed by atoms with Crippen LogP contribution < -0.4 is 5.32 Å². The number of nitrogens with one attached hydrogen (secondary N) is 1. The average molecular weight is 903 g/mol. The molecule has 0 aromatic carbocycles. The molecule has 0 saturated heterocycles. The number of hydrogen-bond acceptors (Lipinski definition) is 5. The number of aliphatic hydroxyl groups excluding tert-OH is 2. The summed E-state index contributed by atoms with van der Waals surface area (Å²) < 4.78 is 5.46. The van der Waals surface area contributed by atoms with Gasteiger partial charge in [0.15, 0.2) is 0 Å². The van der Waals surface area contributed by atoms with Crippen molar-refractivity contribution in [3.8, 4) is 0 Å². The molecule has 6 nitrogen and oxygen atoms in total. The summed E-state index contributed by atoms with van der Waals surface area (Å²) in [7, 11) is 0. The number of ether oxygens (including phenoxy) is 1. The normalized spacial score (nSPS) is 12.8. The maximum absolute atomic E-state index is 12.5. The van der Waals surface area contributed by atoms with E-state index in [1.807, 2.05) is 0 Å². The van der Waals surface area contributed by atoms with Gasteiger partial charge in [0.05, 0.1) is 25.4 Å². The van der Waals surface area contributed by atoms with Gasteiger partial charge in [0.1, 0.15) is 0 Å².